The number of aryl methyl sites for hydroxylation is 2. The summed E-state index contributed by atoms with van der Waals surface area (Å²) < 4.78 is 9.72. The lowest BCUT2D eigenvalue weighted by molar-refractivity contribution is 0.00875. The number of ether oxygens (including phenoxy) is 1. The fourth-order valence-corrected chi connectivity index (χ4v) is 1.24. The summed E-state index contributed by atoms with van der Waals surface area (Å²) in [6.07, 6.45) is 0.637. The zero-order chi connectivity index (χ0) is 12.0. The molecule has 6 heteroatoms. The molecule has 0 atom stereocenters. The topological polar surface area (TPSA) is 73.6 Å². The van der Waals surface area contributed by atoms with Crippen LogP contribution in [0.15, 0.2) is 4.52 Å². The molecule has 0 saturated heterocycles. The van der Waals surface area contributed by atoms with Gasteiger partial charge < -0.3 is 9.26 Å². The number of aromatic nitrogens is 1. The van der Waals surface area contributed by atoms with Gasteiger partial charge >= 0.3 is 0 Å². The van der Waals surface area contributed by atoms with Crippen LogP contribution >= 0.6 is 0 Å². The van der Waals surface area contributed by atoms with Crippen molar-refractivity contribution in [1.29, 1.82) is 0 Å². The van der Waals surface area contributed by atoms with Gasteiger partial charge in [-0.3, -0.25) is 9.63 Å². The molecule has 0 radical (unpaired) electrons. The highest BCUT2D eigenvalue weighted by Crippen LogP contribution is 2.13. The minimum atomic E-state index is -0.341. The van der Waals surface area contributed by atoms with Crippen LogP contribution in [0.1, 0.15) is 28.7 Å². The van der Waals surface area contributed by atoms with E-state index in [1.807, 2.05) is 6.92 Å². The van der Waals surface area contributed by atoms with E-state index in [0.29, 0.717) is 36.7 Å². The van der Waals surface area contributed by atoms with Crippen molar-refractivity contribution in [2.24, 2.45) is 0 Å². The number of carbonyl (C=O) groups is 1. The highest BCUT2D eigenvalue weighted by molar-refractivity contribution is 5.95. The molecule has 6 nitrogen and oxygen atoms in total. The second kappa shape index (κ2) is 6.24. The summed E-state index contributed by atoms with van der Waals surface area (Å²) in [6, 6.07) is 0. The SMILES string of the molecule is CCc1noc(C)c1C(=O)NOCCOC. The highest BCUT2D eigenvalue weighted by atomic mass is 16.7. The summed E-state index contributed by atoms with van der Waals surface area (Å²) in [7, 11) is 1.56. The number of methoxy groups -OCH3 is 1. The Kier molecular flexibility index (Phi) is 4.94. The number of amides is 1. The third-order valence-electron chi connectivity index (χ3n) is 2.05. The lowest BCUT2D eigenvalue weighted by Gasteiger charge is -2.04. The van der Waals surface area contributed by atoms with E-state index in [9.17, 15) is 4.79 Å². The van der Waals surface area contributed by atoms with Crippen molar-refractivity contribution in [3.63, 3.8) is 0 Å². The number of hydrogen-bond donors (Lipinski definition) is 1. The average Bonchev–Trinajstić information content (AvgIpc) is 2.65. The predicted molar refractivity (Wildman–Crippen MR) is 55.9 cm³/mol. The Balaban J connectivity index is 2.55. The molecule has 0 spiro atoms. The summed E-state index contributed by atoms with van der Waals surface area (Å²) in [5.74, 6) is 0.149. The summed E-state index contributed by atoms with van der Waals surface area (Å²) in [5.41, 5.74) is 3.39. The van der Waals surface area contributed by atoms with E-state index < -0.39 is 0 Å². The molecular formula is C10H16N2O4. The molecule has 1 aromatic heterocycles. The molecule has 1 amide bonds. The van der Waals surface area contributed by atoms with Crippen molar-refractivity contribution in [2.75, 3.05) is 20.3 Å². The molecule has 0 fully saturated rings. The van der Waals surface area contributed by atoms with Crippen LogP contribution in [0.2, 0.25) is 0 Å². The Bertz CT molecular complexity index is 349. The Morgan fingerprint density at radius 3 is 2.88 bits per heavy atom. The number of rotatable bonds is 6. The van der Waals surface area contributed by atoms with E-state index in [0.717, 1.165) is 0 Å². The van der Waals surface area contributed by atoms with Crippen LogP contribution in [0.5, 0.6) is 0 Å². The minimum Gasteiger partial charge on any atom is -0.382 e. The molecule has 1 aromatic rings. The lowest BCUT2D eigenvalue weighted by Crippen LogP contribution is -2.26. The summed E-state index contributed by atoms with van der Waals surface area (Å²) in [4.78, 5) is 16.6. The number of nitrogens with zero attached hydrogens (tertiary/aromatic N) is 1. The fraction of sp³-hybridized carbons (Fsp3) is 0.600. The van der Waals surface area contributed by atoms with Crippen LogP contribution in [0.4, 0.5) is 0 Å². The molecule has 0 aliphatic rings. The van der Waals surface area contributed by atoms with Crippen molar-refractivity contribution in [3.05, 3.63) is 17.0 Å². The van der Waals surface area contributed by atoms with Gasteiger partial charge in [-0.2, -0.15) is 0 Å². The smallest absolute Gasteiger partial charge is 0.280 e. The van der Waals surface area contributed by atoms with Crippen molar-refractivity contribution in [2.45, 2.75) is 20.3 Å². The Hall–Kier alpha value is -1.40. The molecule has 0 bridgehead atoms. The van der Waals surface area contributed by atoms with Gasteiger partial charge in [0.1, 0.15) is 11.3 Å². The van der Waals surface area contributed by atoms with E-state index in [2.05, 4.69) is 10.6 Å². The standard InChI is InChI=1S/C10H16N2O4/c1-4-8-9(7(2)16-11-8)10(13)12-15-6-5-14-3/h4-6H2,1-3H3,(H,12,13). The van der Waals surface area contributed by atoms with Gasteiger partial charge in [0, 0.05) is 7.11 Å². The van der Waals surface area contributed by atoms with Gasteiger partial charge in [-0.05, 0) is 13.3 Å². The summed E-state index contributed by atoms with van der Waals surface area (Å²) in [6.45, 7) is 4.31. The third-order valence-corrected chi connectivity index (χ3v) is 2.05. The molecule has 16 heavy (non-hydrogen) atoms. The molecular weight excluding hydrogens is 212 g/mol. The van der Waals surface area contributed by atoms with E-state index >= 15 is 0 Å². The second-order valence-corrected chi connectivity index (χ2v) is 3.19. The van der Waals surface area contributed by atoms with Crippen LogP contribution in [0.3, 0.4) is 0 Å². The number of nitrogens with one attached hydrogen (secondary N) is 1. The van der Waals surface area contributed by atoms with Crippen LogP contribution in [-0.4, -0.2) is 31.4 Å². The molecule has 0 aliphatic carbocycles. The number of hydroxylamine groups is 1. The van der Waals surface area contributed by atoms with Crippen molar-refractivity contribution in [3.8, 4) is 0 Å². The summed E-state index contributed by atoms with van der Waals surface area (Å²) in [5, 5.41) is 3.78. The van der Waals surface area contributed by atoms with Gasteiger partial charge in [0.15, 0.2) is 0 Å². The van der Waals surface area contributed by atoms with Gasteiger partial charge in [0.25, 0.3) is 5.91 Å². The van der Waals surface area contributed by atoms with E-state index in [1.54, 1.807) is 14.0 Å². The third kappa shape index (κ3) is 3.04. The van der Waals surface area contributed by atoms with Crippen molar-refractivity contribution in [1.82, 2.24) is 10.6 Å². The molecule has 0 aromatic carbocycles. The van der Waals surface area contributed by atoms with Crippen molar-refractivity contribution >= 4 is 5.91 Å². The maximum Gasteiger partial charge on any atom is 0.280 e. The maximum atomic E-state index is 11.7. The van der Waals surface area contributed by atoms with Gasteiger partial charge in [-0.15, -0.1) is 0 Å². The molecule has 0 saturated carbocycles. The van der Waals surface area contributed by atoms with Crippen LogP contribution in [0.25, 0.3) is 0 Å². The normalized spacial score (nSPS) is 10.4. The Morgan fingerprint density at radius 2 is 2.25 bits per heavy atom. The molecule has 1 N–H and O–H groups in total. The number of hydrogen-bond acceptors (Lipinski definition) is 5. The van der Waals surface area contributed by atoms with Gasteiger partial charge in [0.05, 0.1) is 18.9 Å². The molecule has 90 valence electrons. The first-order valence-electron chi connectivity index (χ1n) is 5.06. The van der Waals surface area contributed by atoms with Crippen molar-refractivity contribution < 1.29 is 18.9 Å². The maximum absolute atomic E-state index is 11.7. The molecule has 0 unspecified atom stereocenters. The first-order chi connectivity index (χ1) is 7.70. The largest absolute Gasteiger partial charge is 0.382 e. The Labute approximate surface area is 93.8 Å². The average molecular weight is 228 g/mol. The summed E-state index contributed by atoms with van der Waals surface area (Å²) >= 11 is 0. The zero-order valence-corrected chi connectivity index (χ0v) is 9.70. The van der Waals surface area contributed by atoms with Gasteiger partial charge in [0.2, 0.25) is 0 Å². The number of carbonyl (C=O) groups excluding carboxylic acids is 1. The van der Waals surface area contributed by atoms with Crippen LogP contribution < -0.4 is 5.48 Å². The molecule has 1 rings (SSSR count). The monoisotopic (exact) mass is 228 g/mol. The second-order valence-electron chi connectivity index (χ2n) is 3.19. The van der Waals surface area contributed by atoms with E-state index in [-0.39, 0.29) is 5.91 Å². The first kappa shape index (κ1) is 12.7. The lowest BCUT2D eigenvalue weighted by atomic mass is 10.1. The first-order valence-corrected chi connectivity index (χ1v) is 5.06. The van der Waals surface area contributed by atoms with Crippen LogP contribution in [0, 0.1) is 6.92 Å². The van der Waals surface area contributed by atoms with E-state index in [4.69, 9.17) is 14.1 Å². The van der Waals surface area contributed by atoms with Gasteiger partial charge in [-0.25, -0.2) is 5.48 Å². The highest BCUT2D eigenvalue weighted by Gasteiger charge is 2.18. The minimum absolute atomic E-state index is 0.300. The van der Waals surface area contributed by atoms with E-state index in [1.165, 1.54) is 0 Å². The quantitative estimate of drug-likeness (QED) is 0.577. The van der Waals surface area contributed by atoms with Crippen LogP contribution in [-0.2, 0) is 16.0 Å². The fourth-order valence-electron chi connectivity index (χ4n) is 1.24. The molecule has 1 heterocycles. The van der Waals surface area contributed by atoms with Gasteiger partial charge in [-0.1, -0.05) is 12.1 Å². The predicted octanol–water partition coefficient (Wildman–Crippen LogP) is 0.853. The Morgan fingerprint density at radius 1 is 1.50 bits per heavy atom. The zero-order valence-electron chi connectivity index (χ0n) is 9.70. The molecule has 0 aliphatic heterocycles.